The summed E-state index contributed by atoms with van der Waals surface area (Å²) in [6, 6.07) is 2.10. The normalized spacial score (nSPS) is 13.9. The Kier molecular flexibility index (Phi) is 4.67. The molecule has 1 unspecified atom stereocenters. The maximum absolute atomic E-state index is 12.8. The third-order valence-corrected chi connectivity index (χ3v) is 2.45. The van der Waals surface area contributed by atoms with E-state index in [1.54, 1.807) is 0 Å². The van der Waals surface area contributed by atoms with Crippen LogP contribution in [0.5, 0.6) is 0 Å². The Hall–Kier alpha value is -1.73. The van der Waals surface area contributed by atoms with Crippen LogP contribution in [0.2, 0.25) is 0 Å². The molecule has 0 bridgehead atoms. The van der Waals surface area contributed by atoms with Gasteiger partial charge in [0.2, 0.25) is 5.91 Å². The van der Waals surface area contributed by atoms with Gasteiger partial charge in [-0.2, -0.15) is 26.3 Å². The van der Waals surface area contributed by atoms with Gasteiger partial charge in [0.1, 0.15) is 0 Å². The number of rotatable bonds is 3. The topological polar surface area (TPSA) is 29.1 Å². The minimum absolute atomic E-state index is 0.604. The van der Waals surface area contributed by atoms with E-state index in [0.29, 0.717) is 6.07 Å². The number of alkyl halides is 6. The summed E-state index contributed by atoms with van der Waals surface area (Å²) < 4.78 is 75.7. The van der Waals surface area contributed by atoms with Crippen molar-refractivity contribution in [3.8, 4) is 0 Å². The van der Waals surface area contributed by atoms with Gasteiger partial charge in [-0.25, -0.2) is 0 Å². The second-order valence-corrected chi connectivity index (χ2v) is 4.16. The molecule has 0 fully saturated rings. The smallest absolute Gasteiger partial charge is 0.349 e. The van der Waals surface area contributed by atoms with Gasteiger partial charge in [0.15, 0.2) is 0 Å². The lowest BCUT2D eigenvalue weighted by Gasteiger charge is -2.23. The third kappa shape index (κ3) is 4.75. The number of carbonyl (C=O) groups excluding carboxylic acids is 1. The summed E-state index contributed by atoms with van der Waals surface area (Å²) in [5.41, 5.74) is -1.80. The van der Waals surface area contributed by atoms with Gasteiger partial charge in [-0.1, -0.05) is 18.2 Å². The molecule has 0 aliphatic heterocycles. The van der Waals surface area contributed by atoms with Gasteiger partial charge in [0.25, 0.3) is 0 Å². The molecule has 112 valence electrons. The largest absolute Gasteiger partial charge is 0.416 e. The van der Waals surface area contributed by atoms with E-state index in [1.165, 1.54) is 6.07 Å². The van der Waals surface area contributed by atoms with Crippen LogP contribution in [-0.4, -0.2) is 12.1 Å². The quantitative estimate of drug-likeness (QED) is 0.844. The molecule has 0 aromatic heterocycles. The average molecular weight is 299 g/mol. The molecule has 1 atom stereocenters. The summed E-state index contributed by atoms with van der Waals surface area (Å²) in [7, 11) is 0. The van der Waals surface area contributed by atoms with Crippen molar-refractivity contribution in [1.82, 2.24) is 5.32 Å². The first kappa shape index (κ1) is 16.3. The molecule has 0 heterocycles. The van der Waals surface area contributed by atoms with Crippen LogP contribution in [0.15, 0.2) is 24.3 Å². The van der Waals surface area contributed by atoms with E-state index >= 15 is 0 Å². The second-order valence-electron chi connectivity index (χ2n) is 4.16. The lowest BCUT2D eigenvalue weighted by molar-refractivity contribution is -0.147. The van der Waals surface area contributed by atoms with E-state index in [-0.39, 0.29) is 0 Å². The van der Waals surface area contributed by atoms with Gasteiger partial charge in [-0.3, -0.25) is 4.79 Å². The SMILES string of the molecule is CC(=O)NC(CC(F)(F)F)c1ccccc1C(F)(F)F. The Morgan fingerprint density at radius 3 is 2.15 bits per heavy atom. The zero-order valence-electron chi connectivity index (χ0n) is 10.3. The lowest BCUT2D eigenvalue weighted by Crippen LogP contribution is -2.31. The first-order chi connectivity index (χ1) is 9.00. The molecule has 0 spiro atoms. The molecule has 8 heteroatoms. The van der Waals surface area contributed by atoms with E-state index < -0.39 is 41.8 Å². The van der Waals surface area contributed by atoms with Crippen molar-refractivity contribution in [2.45, 2.75) is 31.7 Å². The van der Waals surface area contributed by atoms with Crippen LogP contribution in [0.4, 0.5) is 26.3 Å². The Morgan fingerprint density at radius 1 is 1.15 bits per heavy atom. The first-order valence-electron chi connectivity index (χ1n) is 5.50. The third-order valence-electron chi connectivity index (χ3n) is 2.45. The monoisotopic (exact) mass is 299 g/mol. The van der Waals surface area contributed by atoms with Crippen LogP contribution in [0.3, 0.4) is 0 Å². The van der Waals surface area contributed by atoms with E-state index in [4.69, 9.17) is 0 Å². The Labute approximate surface area is 110 Å². The van der Waals surface area contributed by atoms with Crippen LogP contribution in [-0.2, 0) is 11.0 Å². The molecule has 0 radical (unpaired) electrons. The van der Waals surface area contributed by atoms with Crippen LogP contribution in [0.1, 0.15) is 30.5 Å². The highest BCUT2D eigenvalue weighted by Crippen LogP contribution is 2.38. The van der Waals surface area contributed by atoms with Crippen LogP contribution >= 0.6 is 0 Å². The van der Waals surface area contributed by atoms with Gasteiger partial charge < -0.3 is 5.32 Å². The zero-order chi connectivity index (χ0) is 15.6. The van der Waals surface area contributed by atoms with Crippen molar-refractivity contribution in [3.05, 3.63) is 35.4 Å². The standard InChI is InChI=1S/C12H11F6NO/c1-7(20)19-10(6-11(13,14)15)8-4-2-3-5-9(8)12(16,17)18/h2-5,10H,6H2,1H3,(H,19,20). The van der Waals surface area contributed by atoms with Gasteiger partial charge in [-0.05, 0) is 11.6 Å². The molecule has 0 aliphatic carbocycles. The highest BCUT2D eigenvalue weighted by molar-refractivity contribution is 5.73. The van der Waals surface area contributed by atoms with Gasteiger partial charge in [0, 0.05) is 6.92 Å². The molecule has 1 N–H and O–H groups in total. The van der Waals surface area contributed by atoms with Crippen molar-refractivity contribution in [1.29, 1.82) is 0 Å². The minimum atomic E-state index is -4.79. The van der Waals surface area contributed by atoms with Crippen molar-refractivity contribution in [3.63, 3.8) is 0 Å². The summed E-state index contributed by atoms with van der Waals surface area (Å²) >= 11 is 0. The molecule has 0 saturated carbocycles. The molecular weight excluding hydrogens is 288 g/mol. The summed E-state index contributed by atoms with van der Waals surface area (Å²) in [5, 5.41) is 1.91. The maximum Gasteiger partial charge on any atom is 0.416 e. The highest BCUT2D eigenvalue weighted by Gasteiger charge is 2.39. The summed E-state index contributed by atoms with van der Waals surface area (Å²) in [5.74, 6) is -0.837. The van der Waals surface area contributed by atoms with Crippen LogP contribution < -0.4 is 5.32 Å². The predicted octanol–water partition coefficient (Wildman–Crippen LogP) is 3.84. The first-order valence-corrected chi connectivity index (χ1v) is 5.50. The van der Waals surface area contributed by atoms with E-state index in [2.05, 4.69) is 0 Å². The molecular formula is C12H11F6NO. The van der Waals surface area contributed by atoms with E-state index in [1.807, 2.05) is 5.32 Å². The fraction of sp³-hybridized carbons (Fsp3) is 0.417. The molecule has 1 aromatic rings. The zero-order valence-corrected chi connectivity index (χ0v) is 10.3. The van der Waals surface area contributed by atoms with Crippen molar-refractivity contribution >= 4 is 5.91 Å². The number of benzene rings is 1. The van der Waals surface area contributed by atoms with Gasteiger partial charge >= 0.3 is 12.4 Å². The van der Waals surface area contributed by atoms with Gasteiger partial charge in [0.05, 0.1) is 18.0 Å². The molecule has 1 rings (SSSR count). The highest BCUT2D eigenvalue weighted by atomic mass is 19.4. The average Bonchev–Trinajstić information content (AvgIpc) is 2.24. The van der Waals surface area contributed by atoms with E-state index in [0.717, 1.165) is 19.1 Å². The van der Waals surface area contributed by atoms with Crippen LogP contribution in [0.25, 0.3) is 0 Å². The molecule has 2 nitrogen and oxygen atoms in total. The maximum atomic E-state index is 12.8. The number of carbonyl (C=O) groups is 1. The lowest BCUT2D eigenvalue weighted by atomic mass is 9.97. The van der Waals surface area contributed by atoms with Crippen molar-refractivity contribution in [2.75, 3.05) is 0 Å². The van der Waals surface area contributed by atoms with Crippen molar-refractivity contribution in [2.24, 2.45) is 0 Å². The molecule has 0 aliphatic rings. The fourth-order valence-corrected chi connectivity index (χ4v) is 1.77. The predicted molar refractivity (Wildman–Crippen MR) is 58.7 cm³/mol. The van der Waals surface area contributed by atoms with Crippen molar-refractivity contribution < 1.29 is 31.1 Å². The second kappa shape index (κ2) is 5.72. The van der Waals surface area contributed by atoms with Gasteiger partial charge in [-0.15, -0.1) is 0 Å². The Balaban J connectivity index is 3.23. The number of hydrogen-bond acceptors (Lipinski definition) is 1. The molecule has 0 saturated heterocycles. The van der Waals surface area contributed by atoms with Crippen LogP contribution in [0, 0.1) is 0 Å². The number of nitrogens with one attached hydrogen (secondary N) is 1. The molecule has 1 aromatic carbocycles. The minimum Gasteiger partial charge on any atom is -0.349 e. The number of amides is 1. The molecule has 20 heavy (non-hydrogen) atoms. The fourth-order valence-electron chi connectivity index (χ4n) is 1.77. The summed E-state index contributed by atoms with van der Waals surface area (Å²) in [6.07, 6.45) is -11.1. The Bertz CT molecular complexity index is 480. The number of halogens is 6. The summed E-state index contributed by atoms with van der Waals surface area (Å²) in [4.78, 5) is 10.9. The van der Waals surface area contributed by atoms with E-state index in [9.17, 15) is 31.1 Å². The summed E-state index contributed by atoms with van der Waals surface area (Å²) in [6.45, 7) is 0.944. The number of hydrogen-bond donors (Lipinski definition) is 1. The molecule has 1 amide bonds. The Morgan fingerprint density at radius 2 is 1.70 bits per heavy atom.